The van der Waals surface area contributed by atoms with E-state index in [0.29, 0.717) is 25.8 Å². The summed E-state index contributed by atoms with van der Waals surface area (Å²) in [6.45, 7) is 12.3. The molecule has 0 saturated carbocycles. The molecule has 38 heavy (non-hydrogen) atoms. The van der Waals surface area contributed by atoms with Crippen molar-refractivity contribution in [3.05, 3.63) is 26.9 Å². The van der Waals surface area contributed by atoms with Gasteiger partial charge in [-0.1, -0.05) is 37.0 Å². The number of halogens is 3. The number of nitrogens with one attached hydrogen (secondary N) is 1. The summed E-state index contributed by atoms with van der Waals surface area (Å²) in [6, 6.07) is 2.47. The fourth-order valence-electron chi connectivity index (χ4n) is 4.49. The van der Waals surface area contributed by atoms with Gasteiger partial charge in [0.1, 0.15) is 36.6 Å². The number of aromatic nitrogens is 2. The number of nitrogens with zero attached hydrogens (tertiary/aromatic N) is 2. The van der Waals surface area contributed by atoms with E-state index < -0.39 is 54.0 Å². The maximum atomic E-state index is 13.0. The minimum atomic E-state index is -0.909. The van der Waals surface area contributed by atoms with Crippen molar-refractivity contribution in [2.75, 3.05) is 6.61 Å². The highest BCUT2D eigenvalue weighted by atomic mass is 79.9. The van der Waals surface area contributed by atoms with Crippen molar-refractivity contribution >= 4 is 62.2 Å². The van der Waals surface area contributed by atoms with Crippen LogP contribution in [0, 0.1) is 5.92 Å². The Balaban J connectivity index is 1.53. The molecule has 2 aliphatic rings. The molecular formula is C25H32BrCl2N3O7. The Morgan fingerprint density at radius 3 is 2.45 bits per heavy atom. The van der Waals surface area contributed by atoms with E-state index in [-0.39, 0.29) is 12.5 Å². The van der Waals surface area contributed by atoms with Crippen LogP contribution in [-0.4, -0.2) is 64.0 Å². The number of esters is 1. The van der Waals surface area contributed by atoms with Crippen molar-refractivity contribution in [2.24, 2.45) is 5.92 Å². The molecule has 2 aliphatic heterocycles. The first-order valence-corrected chi connectivity index (χ1v) is 13.8. The number of amides is 1. The number of alkyl carbamates (subject to hydrolysis) is 1. The predicted octanol–water partition coefficient (Wildman–Crippen LogP) is 5.62. The van der Waals surface area contributed by atoms with Gasteiger partial charge in [-0.25, -0.2) is 14.6 Å². The molecule has 13 heteroatoms. The summed E-state index contributed by atoms with van der Waals surface area (Å²) in [4.78, 5) is 29.8. The van der Waals surface area contributed by atoms with Gasteiger partial charge in [0.2, 0.25) is 0 Å². The van der Waals surface area contributed by atoms with Gasteiger partial charge >= 0.3 is 12.1 Å². The van der Waals surface area contributed by atoms with Gasteiger partial charge in [0, 0.05) is 0 Å². The van der Waals surface area contributed by atoms with Crippen molar-refractivity contribution in [2.45, 2.75) is 90.4 Å². The third-order valence-electron chi connectivity index (χ3n) is 6.05. The molecule has 3 heterocycles. The maximum absolute atomic E-state index is 13.0. The first-order valence-electron chi connectivity index (χ1n) is 12.3. The minimum absolute atomic E-state index is 0.119. The van der Waals surface area contributed by atoms with Crippen LogP contribution in [0.3, 0.4) is 0 Å². The first-order chi connectivity index (χ1) is 17.6. The summed E-state index contributed by atoms with van der Waals surface area (Å²) in [6.07, 6.45) is -3.08. The second kappa shape index (κ2) is 10.7. The number of fused-ring (bicyclic) bond motifs is 2. The van der Waals surface area contributed by atoms with Crippen molar-refractivity contribution in [1.82, 2.24) is 14.9 Å². The molecule has 2 saturated heterocycles. The van der Waals surface area contributed by atoms with E-state index in [1.165, 1.54) is 0 Å². The normalized spacial score (nSPS) is 25.4. The summed E-state index contributed by atoms with van der Waals surface area (Å²) in [5, 5.41) is 3.35. The number of benzene rings is 1. The average molecular weight is 637 g/mol. The van der Waals surface area contributed by atoms with E-state index in [1.54, 1.807) is 46.8 Å². The van der Waals surface area contributed by atoms with Crippen LogP contribution in [0.25, 0.3) is 11.0 Å². The van der Waals surface area contributed by atoms with E-state index in [9.17, 15) is 9.59 Å². The molecule has 0 aliphatic carbocycles. The molecule has 1 amide bonds. The third kappa shape index (κ3) is 6.23. The summed E-state index contributed by atoms with van der Waals surface area (Å²) >= 11 is 16.0. The monoisotopic (exact) mass is 635 g/mol. The topological polar surface area (TPSA) is 110 Å². The lowest BCUT2D eigenvalue weighted by molar-refractivity contribution is -0.202. The highest BCUT2D eigenvalue weighted by Gasteiger charge is 2.56. The lowest BCUT2D eigenvalue weighted by Crippen LogP contribution is -2.48. The number of hydrogen-bond acceptors (Lipinski definition) is 8. The molecular weight excluding hydrogens is 605 g/mol. The number of imidazole rings is 1. The van der Waals surface area contributed by atoms with Gasteiger partial charge in [-0.3, -0.25) is 4.57 Å². The molecule has 0 bridgehead atoms. The average Bonchev–Trinajstić information content (AvgIpc) is 3.36. The van der Waals surface area contributed by atoms with Crippen LogP contribution in [0.5, 0.6) is 0 Å². The second-order valence-corrected chi connectivity index (χ2v) is 12.7. The maximum Gasteiger partial charge on any atom is 0.408 e. The number of rotatable bonds is 6. The van der Waals surface area contributed by atoms with Crippen LogP contribution in [-0.2, 0) is 28.5 Å². The highest BCUT2D eigenvalue weighted by Crippen LogP contribution is 2.45. The smallest absolute Gasteiger partial charge is 0.408 e. The Hall–Kier alpha value is -1.63. The van der Waals surface area contributed by atoms with Crippen LogP contribution >= 0.6 is 39.1 Å². The summed E-state index contributed by atoms with van der Waals surface area (Å²) in [5.74, 6) is -1.74. The Morgan fingerprint density at radius 1 is 1.18 bits per heavy atom. The molecule has 210 valence electrons. The summed E-state index contributed by atoms with van der Waals surface area (Å²) in [5.41, 5.74) is 0.598. The Morgan fingerprint density at radius 2 is 1.82 bits per heavy atom. The van der Waals surface area contributed by atoms with Crippen molar-refractivity contribution in [3.8, 4) is 0 Å². The van der Waals surface area contributed by atoms with Crippen molar-refractivity contribution < 1.29 is 33.3 Å². The van der Waals surface area contributed by atoms with Crippen LogP contribution in [0.15, 0.2) is 16.9 Å². The van der Waals surface area contributed by atoms with E-state index in [0.717, 1.165) is 0 Å². The van der Waals surface area contributed by atoms with Gasteiger partial charge in [-0.05, 0) is 68.6 Å². The Labute approximate surface area is 239 Å². The molecule has 2 aromatic rings. The molecule has 1 N–H and O–H groups in total. The SMILES string of the molecule is CC(C)[C@@H](NC(=O)OC(C)(C)C)C(=O)OC[C@H]1O[C@@H](n2c(Br)nc3cc(Cl)c(Cl)cc32)[C@@H]2OC(C)(C)O[C@@H]21. The molecule has 2 fully saturated rings. The molecule has 0 unspecified atom stereocenters. The summed E-state index contributed by atoms with van der Waals surface area (Å²) in [7, 11) is 0. The van der Waals surface area contributed by atoms with Crippen molar-refractivity contribution in [1.29, 1.82) is 0 Å². The molecule has 4 rings (SSSR count). The lowest BCUT2D eigenvalue weighted by Gasteiger charge is -2.26. The van der Waals surface area contributed by atoms with Crippen molar-refractivity contribution in [3.63, 3.8) is 0 Å². The largest absolute Gasteiger partial charge is 0.461 e. The first kappa shape index (κ1) is 29.4. The van der Waals surface area contributed by atoms with Gasteiger partial charge in [0.25, 0.3) is 0 Å². The number of carbonyl (C=O) groups excluding carboxylic acids is 2. The molecule has 10 nitrogen and oxygen atoms in total. The van der Waals surface area contributed by atoms with E-state index in [2.05, 4.69) is 26.2 Å². The zero-order valence-corrected chi connectivity index (χ0v) is 25.3. The quantitative estimate of drug-likeness (QED) is 0.407. The van der Waals surface area contributed by atoms with Crippen LogP contribution in [0.4, 0.5) is 4.79 Å². The van der Waals surface area contributed by atoms with Gasteiger partial charge in [-0.15, -0.1) is 0 Å². The van der Waals surface area contributed by atoms with Gasteiger partial charge in [-0.2, -0.15) is 0 Å². The van der Waals surface area contributed by atoms with Gasteiger partial charge in [0.15, 0.2) is 16.7 Å². The summed E-state index contributed by atoms with van der Waals surface area (Å²) < 4.78 is 31.9. The highest BCUT2D eigenvalue weighted by molar-refractivity contribution is 9.10. The number of hydrogen-bond donors (Lipinski definition) is 1. The zero-order valence-electron chi connectivity index (χ0n) is 22.2. The molecule has 0 radical (unpaired) electrons. The van der Waals surface area contributed by atoms with Crippen LogP contribution in [0.2, 0.25) is 10.0 Å². The standard InChI is InChI=1S/C25H32BrCl2N3O7/c1-11(2)17(30-23(33)38-24(3,4)5)21(32)34-10-16-18-19(37-25(6,7)36-18)20(35-16)31-15-9-13(28)12(27)8-14(15)29-22(31)26/h8-9,11,16-20H,10H2,1-7H3,(H,30,33)/t16-,17-,18-,19-,20-/m1/s1. The fourth-order valence-corrected chi connectivity index (χ4v) is 5.39. The van der Waals surface area contributed by atoms with E-state index in [1.807, 2.05) is 18.4 Å². The Bertz CT molecular complexity index is 1230. The zero-order chi connectivity index (χ0) is 28.2. The molecule has 1 aromatic heterocycles. The van der Waals surface area contributed by atoms with Gasteiger partial charge < -0.3 is 29.0 Å². The molecule has 1 aromatic carbocycles. The number of ether oxygens (including phenoxy) is 5. The van der Waals surface area contributed by atoms with Crippen LogP contribution < -0.4 is 5.32 Å². The second-order valence-electron chi connectivity index (χ2n) is 11.1. The Kier molecular flexibility index (Phi) is 8.30. The van der Waals surface area contributed by atoms with Crippen LogP contribution in [0.1, 0.15) is 54.7 Å². The molecule has 0 spiro atoms. The minimum Gasteiger partial charge on any atom is -0.461 e. The van der Waals surface area contributed by atoms with Gasteiger partial charge in [0.05, 0.1) is 21.1 Å². The fraction of sp³-hybridized carbons (Fsp3) is 0.640. The number of carbonyl (C=O) groups is 2. The predicted molar refractivity (Wildman–Crippen MR) is 144 cm³/mol. The van der Waals surface area contributed by atoms with E-state index >= 15 is 0 Å². The lowest BCUT2D eigenvalue weighted by atomic mass is 10.1. The molecule has 5 atom stereocenters. The van der Waals surface area contributed by atoms with E-state index in [4.69, 9.17) is 46.9 Å². The third-order valence-corrected chi connectivity index (χ3v) is 7.33.